The molecule has 0 radical (unpaired) electrons. The van der Waals surface area contributed by atoms with E-state index in [9.17, 15) is 9.59 Å². The van der Waals surface area contributed by atoms with Crippen molar-refractivity contribution >= 4 is 23.2 Å². The summed E-state index contributed by atoms with van der Waals surface area (Å²) in [7, 11) is 0. The van der Waals surface area contributed by atoms with Crippen molar-refractivity contribution in [2.45, 2.75) is 25.8 Å². The van der Waals surface area contributed by atoms with Gasteiger partial charge in [-0.25, -0.2) is 4.98 Å². The van der Waals surface area contributed by atoms with E-state index in [-0.39, 0.29) is 11.7 Å². The average Bonchev–Trinajstić information content (AvgIpc) is 3.14. The van der Waals surface area contributed by atoms with Gasteiger partial charge in [-0.3, -0.25) is 14.6 Å². The number of fused-ring (bicyclic) bond motifs is 1. The van der Waals surface area contributed by atoms with Crippen molar-refractivity contribution in [3.8, 4) is 0 Å². The van der Waals surface area contributed by atoms with Gasteiger partial charge in [0.05, 0.1) is 35.2 Å². The lowest BCUT2D eigenvalue weighted by Crippen LogP contribution is -2.18. The first-order chi connectivity index (χ1) is 13.2. The Morgan fingerprint density at radius 3 is 2.85 bits per heavy atom. The Morgan fingerprint density at radius 1 is 1.15 bits per heavy atom. The summed E-state index contributed by atoms with van der Waals surface area (Å²) in [5.41, 5.74) is 3.26. The third-order valence-corrected chi connectivity index (χ3v) is 4.51. The zero-order chi connectivity index (χ0) is 18.6. The largest absolute Gasteiger partial charge is 0.364 e. The van der Waals surface area contributed by atoms with E-state index in [4.69, 9.17) is 0 Å². The van der Waals surface area contributed by atoms with Crippen LogP contribution in [0.15, 0.2) is 48.9 Å². The van der Waals surface area contributed by atoms with E-state index in [1.807, 2.05) is 18.2 Å². The molecule has 7 nitrogen and oxygen atoms in total. The van der Waals surface area contributed by atoms with Gasteiger partial charge in [0, 0.05) is 24.5 Å². The van der Waals surface area contributed by atoms with Crippen LogP contribution in [0, 0.1) is 0 Å². The van der Waals surface area contributed by atoms with Crippen LogP contribution in [0.25, 0.3) is 0 Å². The lowest BCUT2D eigenvalue weighted by molar-refractivity contribution is 0.0956. The van der Waals surface area contributed by atoms with Crippen LogP contribution in [0.4, 0.5) is 11.5 Å². The molecule has 1 amide bonds. The molecule has 136 valence electrons. The van der Waals surface area contributed by atoms with Gasteiger partial charge < -0.3 is 15.6 Å². The molecule has 0 aliphatic heterocycles. The highest BCUT2D eigenvalue weighted by atomic mass is 16.2. The Hall–Kier alpha value is -3.48. The van der Waals surface area contributed by atoms with Crippen LogP contribution in [0.5, 0.6) is 0 Å². The molecule has 1 aliphatic carbocycles. The molecule has 1 aliphatic rings. The van der Waals surface area contributed by atoms with E-state index in [1.165, 1.54) is 0 Å². The number of anilines is 2. The summed E-state index contributed by atoms with van der Waals surface area (Å²) in [4.78, 5) is 36.3. The van der Waals surface area contributed by atoms with Crippen molar-refractivity contribution in [2.75, 3.05) is 10.6 Å². The van der Waals surface area contributed by atoms with Gasteiger partial charge in [0.15, 0.2) is 5.78 Å². The number of nitrogens with zero attached hydrogens (tertiary/aromatic N) is 2. The molecule has 0 saturated heterocycles. The minimum absolute atomic E-state index is 0.0230. The first-order valence-corrected chi connectivity index (χ1v) is 8.85. The van der Waals surface area contributed by atoms with E-state index in [0.29, 0.717) is 35.6 Å². The maximum Gasteiger partial charge on any atom is 0.257 e. The minimum atomic E-state index is -0.307. The Morgan fingerprint density at radius 2 is 2.07 bits per heavy atom. The number of hydrogen-bond acceptors (Lipinski definition) is 5. The van der Waals surface area contributed by atoms with Gasteiger partial charge in [0.2, 0.25) is 0 Å². The number of rotatable bonds is 5. The molecule has 4 rings (SSSR count). The zero-order valence-corrected chi connectivity index (χ0v) is 14.7. The first kappa shape index (κ1) is 17.0. The first-order valence-electron chi connectivity index (χ1n) is 8.85. The number of hydrogen-bond donors (Lipinski definition) is 3. The van der Waals surface area contributed by atoms with Crippen LogP contribution >= 0.6 is 0 Å². The van der Waals surface area contributed by atoms with Gasteiger partial charge in [-0.15, -0.1) is 0 Å². The Balaban J connectivity index is 1.41. The molecule has 3 aromatic rings. The highest BCUT2D eigenvalue weighted by molar-refractivity contribution is 6.13. The van der Waals surface area contributed by atoms with Crippen molar-refractivity contribution in [3.05, 3.63) is 71.4 Å². The number of aromatic nitrogens is 3. The fourth-order valence-electron chi connectivity index (χ4n) is 3.17. The summed E-state index contributed by atoms with van der Waals surface area (Å²) in [6, 6.07) is 9.29. The number of ketones is 1. The van der Waals surface area contributed by atoms with Crippen molar-refractivity contribution in [1.29, 1.82) is 0 Å². The Labute approximate surface area is 156 Å². The predicted molar refractivity (Wildman–Crippen MR) is 102 cm³/mol. The van der Waals surface area contributed by atoms with Crippen LogP contribution in [0.2, 0.25) is 0 Å². The number of amides is 1. The number of nitrogens with one attached hydrogen (secondary N) is 3. The van der Waals surface area contributed by atoms with Crippen LogP contribution in [0.3, 0.4) is 0 Å². The summed E-state index contributed by atoms with van der Waals surface area (Å²) >= 11 is 0. The minimum Gasteiger partial charge on any atom is -0.364 e. The Bertz CT molecular complexity index is 964. The summed E-state index contributed by atoms with van der Waals surface area (Å²) in [6.45, 7) is 0.567. The number of aryl methyl sites for hydroxylation is 1. The molecule has 0 spiro atoms. The van der Waals surface area contributed by atoms with Gasteiger partial charge in [-0.2, -0.15) is 0 Å². The molecular weight excluding hydrogens is 342 g/mol. The maximum absolute atomic E-state index is 12.6. The monoisotopic (exact) mass is 361 g/mol. The number of Topliss-reactive ketones (excluding diaryl/α,β-unsaturated/α-hetero) is 1. The fraction of sp³-hybridized carbons (Fsp3) is 0.200. The van der Waals surface area contributed by atoms with Gasteiger partial charge in [-0.05, 0) is 37.1 Å². The van der Waals surface area contributed by atoms with E-state index in [1.54, 1.807) is 30.7 Å². The second-order valence-electron chi connectivity index (χ2n) is 6.39. The van der Waals surface area contributed by atoms with Gasteiger partial charge in [-0.1, -0.05) is 6.07 Å². The molecule has 3 heterocycles. The van der Waals surface area contributed by atoms with Gasteiger partial charge in [0.1, 0.15) is 5.82 Å². The lowest BCUT2D eigenvalue weighted by atomic mass is 9.93. The maximum atomic E-state index is 12.6. The molecule has 3 N–H and O–H groups in total. The van der Waals surface area contributed by atoms with Gasteiger partial charge in [0.25, 0.3) is 5.91 Å². The van der Waals surface area contributed by atoms with Crippen LogP contribution < -0.4 is 10.6 Å². The van der Waals surface area contributed by atoms with Crippen LogP contribution in [-0.4, -0.2) is 26.6 Å². The number of carbonyl (C=O) groups excluding carboxylic acids is 2. The van der Waals surface area contributed by atoms with Crippen molar-refractivity contribution < 1.29 is 9.59 Å². The predicted octanol–water partition coefficient (Wildman–Crippen LogP) is 3.19. The third kappa shape index (κ3) is 3.72. The highest BCUT2D eigenvalue weighted by Crippen LogP contribution is 2.24. The summed E-state index contributed by atoms with van der Waals surface area (Å²) in [5.74, 6) is 0.404. The molecule has 3 aromatic heterocycles. The van der Waals surface area contributed by atoms with Crippen molar-refractivity contribution in [1.82, 2.24) is 15.0 Å². The molecule has 0 unspecified atom stereocenters. The standard InChI is InChI=1S/C20H19N5O2/c26-17-6-3-5-16-19(17)15(12-22-16)20(27)25-14-7-8-18(24-11-14)23-10-13-4-1-2-9-21-13/h1-2,4,7-9,11-12,22H,3,5-6,10H2,(H,23,24)(H,25,27). The molecule has 7 heteroatoms. The highest BCUT2D eigenvalue weighted by Gasteiger charge is 2.25. The quantitative estimate of drug-likeness (QED) is 0.648. The SMILES string of the molecule is O=C(Nc1ccc(NCc2ccccn2)nc1)c1c[nH]c2c1C(=O)CCC2. The molecule has 0 saturated carbocycles. The summed E-state index contributed by atoms with van der Waals surface area (Å²) in [6.07, 6.45) is 7.05. The summed E-state index contributed by atoms with van der Waals surface area (Å²) in [5, 5.41) is 5.98. The molecule has 0 bridgehead atoms. The van der Waals surface area contributed by atoms with Crippen molar-refractivity contribution in [3.63, 3.8) is 0 Å². The lowest BCUT2D eigenvalue weighted by Gasteiger charge is -2.12. The number of H-pyrrole nitrogens is 1. The van der Waals surface area contributed by atoms with Crippen LogP contribution in [0.1, 0.15) is 44.9 Å². The molecule has 0 atom stereocenters. The average molecular weight is 361 g/mol. The molecule has 27 heavy (non-hydrogen) atoms. The van der Waals surface area contributed by atoms with Crippen LogP contribution in [-0.2, 0) is 13.0 Å². The Kier molecular flexibility index (Phi) is 4.65. The summed E-state index contributed by atoms with van der Waals surface area (Å²) < 4.78 is 0. The van der Waals surface area contributed by atoms with Gasteiger partial charge >= 0.3 is 0 Å². The molecular formula is C20H19N5O2. The molecule has 0 fully saturated rings. The number of aromatic amines is 1. The van der Waals surface area contributed by atoms with E-state index >= 15 is 0 Å². The second kappa shape index (κ2) is 7.41. The van der Waals surface area contributed by atoms with E-state index in [2.05, 4.69) is 25.6 Å². The third-order valence-electron chi connectivity index (χ3n) is 4.51. The van der Waals surface area contributed by atoms with Crippen molar-refractivity contribution in [2.24, 2.45) is 0 Å². The zero-order valence-electron chi connectivity index (χ0n) is 14.7. The number of carbonyl (C=O) groups is 2. The number of pyridine rings is 2. The molecule has 0 aromatic carbocycles. The normalized spacial score (nSPS) is 13.1. The second-order valence-corrected chi connectivity index (χ2v) is 6.39. The smallest absolute Gasteiger partial charge is 0.257 e. The topological polar surface area (TPSA) is 99.8 Å². The van der Waals surface area contributed by atoms with E-state index < -0.39 is 0 Å². The fourth-order valence-corrected chi connectivity index (χ4v) is 3.17. The van der Waals surface area contributed by atoms with E-state index in [0.717, 1.165) is 24.2 Å².